The van der Waals surface area contributed by atoms with Crippen molar-refractivity contribution in [2.75, 3.05) is 11.1 Å². The highest BCUT2D eigenvalue weighted by atomic mass is 32.2. The molecular weight excluding hydrogens is 400 g/mol. The fraction of sp³-hybridized carbons (Fsp3) is 0.0476. The van der Waals surface area contributed by atoms with Gasteiger partial charge in [0.25, 0.3) is 0 Å². The van der Waals surface area contributed by atoms with Crippen molar-refractivity contribution in [1.82, 2.24) is 19.9 Å². The second kappa shape index (κ2) is 7.31. The van der Waals surface area contributed by atoms with Crippen LogP contribution >= 0.6 is 23.1 Å². The molecule has 0 spiro atoms. The Labute approximate surface area is 175 Å². The van der Waals surface area contributed by atoms with E-state index >= 15 is 0 Å². The zero-order chi connectivity index (χ0) is 19.8. The van der Waals surface area contributed by atoms with Gasteiger partial charge in [-0.05, 0) is 30.7 Å². The maximum atomic E-state index is 6.40. The lowest BCUT2D eigenvalue weighted by molar-refractivity contribution is 1.06. The number of aryl methyl sites for hydroxylation is 1. The van der Waals surface area contributed by atoms with Crippen molar-refractivity contribution in [3.8, 4) is 0 Å². The number of nitrogens with two attached hydrogens (primary N) is 1. The predicted octanol–water partition coefficient (Wildman–Crippen LogP) is 5.42. The Kier molecular flexibility index (Phi) is 4.49. The van der Waals surface area contributed by atoms with Gasteiger partial charge in [-0.15, -0.1) is 0 Å². The lowest BCUT2D eigenvalue weighted by Crippen LogP contribution is -2.02. The Bertz CT molecular complexity index is 1340. The molecule has 6 nitrogen and oxygen atoms in total. The number of pyridine rings is 1. The Balaban J connectivity index is 1.48. The second-order valence-electron chi connectivity index (χ2n) is 6.44. The van der Waals surface area contributed by atoms with Gasteiger partial charge in [0.1, 0.15) is 17.0 Å². The Morgan fingerprint density at radius 1 is 0.966 bits per heavy atom. The SMILES string of the molecule is Cc1cccc2sc(Nc3ncnc(Sc4cccc5cccnc45)c3N)nc12. The number of nitrogens with zero attached hydrogens (tertiary/aromatic N) is 4. The molecular formula is C21H16N6S2. The minimum Gasteiger partial charge on any atom is -0.394 e. The van der Waals surface area contributed by atoms with Crippen LogP contribution in [-0.2, 0) is 0 Å². The predicted molar refractivity (Wildman–Crippen MR) is 120 cm³/mol. The van der Waals surface area contributed by atoms with Crippen molar-refractivity contribution in [1.29, 1.82) is 0 Å². The molecule has 2 aromatic carbocycles. The van der Waals surface area contributed by atoms with Crippen LogP contribution < -0.4 is 11.1 Å². The number of para-hydroxylation sites is 2. The third-order valence-corrected chi connectivity index (χ3v) is 6.50. The van der Waals surface area contributed by atoms with E-state index in [2.05, 4.69) is 44.3 Å². The maximum absolute atomic E-state index is 6.40. The van der Waals surface area contributed by atoms with Crippen molar-refractivity contribution in [3.63, 3.8) is 0 Å². The molecule has 0 saturated carbocycles. The van der Waals surface area contributed by atoms with E-state index in [-0.39, 0.29) is 0 Å². The first-order valence-corrected chi connectivity index (χ1v) is 10.6. The standard InChI is InChI=1S/C21H16N6S2/c1-12-5-2-8-14-17(12)26-21(29-14)27-19-16(22)20(25-11-24-19)28-15-9-3-6-13-7-4-10-23-18(13)15/h2-11H,22H2,1H3,(H,24,25,26,27). The minimum atomic E-state index is 0.487. The summed E-state index contributed by atoms with van der Waals surface area (Å²) in [7, 11) is 0. The fourth-order valence-electron chi connectivity index (χ4n) is 3.06. The molecule has 0 aliphatic carbocycles. The molecule has 0 aliphatic rings. The molecule has 3 aromatic heterocycles. The first-order valence-electron chi connectivity index (χ1n) is 8.94. The summed E-state index contributed by atoms with van der Waals surface area (Å²) < 4.78 is 1.12. The van der Waals surface area contributed by atoms with E-state index in [9.17, 15) is 0 Å². The number of rotatable bonds is 4. The van der Waals surface area contributed by atoms with Crippen LogP contribution in [0.3, 0.4) is 0 Å². The summed E-state index contributed by atoms with van der Waals surface area (Å²) in [5.41, 5.74) is 9.94. The summed E-state index contributed by atoms with van der Waals surface area (Å²) in [5, 5.41) is 5.76. The lowest BCUT2D eigenvalue weighted by atomic mass is 10.2. The third-order valence-electron chi connectivity index (χ3n) is 4.50. The van der Waals surface area contributed by atoms with Gasteiger partial charge >= 0.3 is 0 Å². The average Bonchev–Trinajstić information content (AvgIpc) is 3.15. The zero-order valence-corrected chi connectivity index (χ0v) is 17.1. The smallest absolute Gasteiger partial charge is 0.189 e. The summed E-state index contributed by atoms with van der Waals surface area (Å²) in [6, 6.07) is 16.2. The Hall–Kier alpha value is -3.23. The summed E-state index contributed by atoms with van der Waals surface area (Å²) in [6.07, 6.45) is 3.30. The molecule has 0 unspecified atom stereocenters. The molecule has 3 heterocycles. The van der Waals surface area contributed by atoms with Crippen LogP contribution in [0.25, 0.3) is 21.1 Å². The van der Waals surface area contributed by atoms with Gasteiger partial charge in [-0.25, -0.2) is 15.0 Å². The molecule has 0 radical (unpaired) electrons. The van der Waals surface area contributed by atoms with E-state index in [1.807, 2.05) is 36.4 Å². The van der Waals surface area contributed by atoms with Crippen LogP contribution in [0, 0.1) is 6.92 Å². The van der Waals surface area contributed by atoms with E-state index in [1.54, 1.807) is 17.5 Å². The monoisotopic (exact) mass is 416 g/mol. The van der Waals surface area contributed by atoms with Crippen molar-refractivity contribution in [3.05, 3.63) is 66.6 Å². The summed E-state index contributed by atoms with van der Waals surface area (Å²) in [5.74, 6) is 0.549. The van der Waals surface area contributed by atoms with Crippen LogP contribution in [0.4, 0.5) is 16.6 Å². The number of thiazole rings is 1. The van der Waals surface area contributed by atoms with E-state index in [0.29, 0.717) is 16.5 Å². The van der Waals surface area contributed by atoms with Gasteiger partial charge in [0.05, 0.1) is 15.7 Å². The third kappa shape index (κ3) is 3.37. The molecule has 8 heteroatoms. The van der Waals surface area contributed by atoms with Crippen LogP contribution in [0.15, 0.2) is 71.0 Å². The molecule has 3 N–H and O–H groups in total. The number of hydrogen-bond acceptors (Lipinski definition) is 8. The summed E-state index contributed by atoms with van der Waals surface area (Å²) in [4.78, 5) is 18.9. The molecule has 0 atom stereocenters. The molecule has 0 amide bonds. The van der Waals surface area contributed by atoms with Gasteiger partial charge in [0.2, 0.25) is 0 Å². The summed E-state index contributed by atoms with van der Waals surface area (Å²) >= 11 is 3.05. The highest BCUT2D eigenvalue weighted by Gasteiger charge is 2.14. The molecule has 0 aliphatic heterocycles. The lowest BCUT2D eigenvalue weighted by Gasteiger charge is -2.10. The second-order valence-corrected chi connectivity index (χ2v) is 8.50. The molecule has 142 valence electrons. The van der Waals surface area contributed by atoms with Gasteiger partial charge in [-0.3, -0.25) is 4.98 Å². The van der Waals surface area contributed by atoms with Crippen molar-refractivity contribution in [2.45, 2.75) is 16.8 Å². The number of benzene rings is 2. The molecule has 0 fully saturated rings. The van der Waals surface area contributed by atoms with Gasteiger partial charge in [0, 0.05) is 16.5 Å². The quantitative estimate of drug-likeness (QED) is 0.378. The first-order chi connectivity index (χ1) is 14.2. The maximum Gasteiger partial charge on any atom is 0.189 e. The number of aromatic nitrogens is 4. The Morgan fingerprint density at radius 2 is 1.83 bits per heavy atom. The van der Waals surface area contributed by atoms with Crippen molar-refractivity contribution >= 4 is 60.9 Å². The average molecular weight is 417 g/mol. The van der Waals surface area contributed by atoms with Crippen LogP contribution in [0.2, 0.25) is 0 Å². The molecule has 0 saturated heterocycles. The van der Waals surface area contributed by atoms with Crippen LogP contribution in [-0.4, -0.2) is 19.9 Å². The van der Waals surface area contributed by atoms with Crippen molar-refractivity contribution in [2.24, 2.45) is 0 Å². The fourth-order valence-corrected chi connectivity index (χ4v) is 4.94. The molecule has 5 rings (SSSR count). The van der Waals surface area contributed by atoms with Gasteiger partial charge in [0.15, 0.2) is 10.9 Å². The number of nitrogen functional groups attached to an aromatic ring is 1. The van der Waals surface area contributed by atoms with E-state index in [0.717, 1.165) is 36.7 Å². The van der Waals surface area contributed by atoms with Gasteiger partial charge in [-0.2, -0.15) is 0 Å². The van der Waals surface area contributed by atoms with Crippen LogP contribution in [0.5, 0.6) is 0 Å². The number of fused-ring (bicyclic) bond motifs is 2. The topological polar surface area (TPSA) is 89.6 Å². The molecule has 5 aromatic rings. The zero-order valence-electron chi connectivity index (χ0n) is 15.5. The highest BCUT2D eigenvalue weighted by Crippen LogP contribution is 2.37. The normalized spacial score (nSPS) is 11.2. The van der Waals surface area contributed by atoms with E-state index in [4.69, 9.17) is 5.73 Å². The minimum absolute atomic E-state index is 0.487. The highest BCUT2D eigenvalue weighted by molar-refractivity contribution is 7.99. The van der Waals surface area contributed by atoms with Gasteiger partial charge in [-0.1, -0.05) is 53.4 Å². The number of anilines is 3. The van der Waals surface area contributed by atoms with Crippen molar-refractivity contribution < 1.29 is 0 Å². The van der Waals surface area contributed by atoms with Gasteiger partial charge < -0.3 is 11.1 Å². The number of nitrogens with one attached hydrogen (secondary N) is 1. The summed E-state index contributed by atoms with van der Waals surface area (Å²) in [6.45, 7) is 2.05. The van der Waals surface area contributed by atoms with E-state index < -0.39 is 0 Å². The first kappa shape index (κ1) is 17.8. The van der Waals surface area contributed by atoms with Crippen LogP contribution in [0.1, 0.15) is 5.56 Å². The number of hydrogen-bond donors (Lipinski definition) is 2. The molecule has 0 bridgehead atoms. The Morgan fingerprint density at radius 3 is 2.72 bits per heavy atom. The molecule has 29 heavy (non-hydrogen) atoms. The largest absolute Gasteiger partial charge is 0.394 e. The van der Waals surface area contributed by atoms with E-state index in [1.165, 1.54) is 18.1 Å².